The number of nitrogens with one attached hydrogen (secondary N) is 1. The molecule has 1 saturated carbocycles. The third kappa shape index (κ3) is 4.34. The van der Waals surface area contributed by atoms with E-state index < -0.39 is 29.6 Å². The van der Waals surface area contributed by atoms with Gasteiger partial charge in [0.2, 0.25) is 5.91 Å². The number of rotatable bonds is 5. The highest BCUT2D eigenvalue weighted by atomic mass is 127. The van der Waals surface area contributed by atoms with E-state index in [0.717, 1.165) is 28.1 Å². The third-order valence-corrected chi connectivity index (χ3v) is 7.61. The van der Waals surface area contributed by atoms with Crippen LogP contribution in [-0.2, 0) is 11.0 Å². The van der Waals surface area contributed by atoms with E-state index in [1.807, 2.05) is 12.1 Å². The minimum absolute atomic E-state index is 0.00298. The largest absolute Gasteiger partial charge is 0.419 e. The van der Waals surface area contributed by atoms with Gasteiger partial charge in [-0.15, -0.1) is 0 Å². The van der Waals surface area contributed by atoms with Crippen LogP contribution in [0.15, 0.2) is 54.1 Å². The van der Waals surface area contributed by atoms with E-state index in [0.29, 0.717) is 24.5 Å². The molecule has 2 aromatic carbocycles. The van der Waals surface area contributed by atoms with Gasteiger partial charge in [0.25, 0.3) is 5.91 Å². The molecule has 0 bridgehead atoms. The summed E-state index contributed by atoms with van der Waals surface area (Å²) in [4.78, 5) is 28.4. The van der Waals surface area contributed by atoms with Gasteiger partial charge in [0.15, 0.2) is 0 Å². The lowest BCUT2D eigenvalue weighted by atomic mass is 9.80. The topological polar surface area (TPSA) is 49.4 Å². The van der Waals surface area contributed by atoms with E-state index in [9.17, 15) is 27.2 Å². The van der Waals surface area contributed by atoms with Crippen LogP contribution in [0.1, 0.15) is 53.2 Å². The summed E-state index contributed by atoms with van der Waals surface area (Å²) < 4.78 is 54.0. The zero-order valence-electron chi connectivity index (χ0n) is 17.9. The Hall–Kier alpha value is -2.43. The number of carbonyl (C=O) groups excluding carboxylic acids is 2. The average Bonchev–Trinajstić information content (AvgIpc) is 3.55. The molecule has 0 radical (unpaired) electrons. The quantitative estimate of drug-likeness (QED) is 0.282. The molecule has 3 aliphatic rings. The summed E-state index contributed by atoms with van der Waals surface area (Å²) in [6.07, 6.45) is -0.0346. The molecule has 2 aromatic rings. The lowest BCUT2D eigenvalue weighted by molar-refractivity contribution is -0.140. The summed E-state index contributed by atoms with van der Waals surface area (Å²) in [6, 6.07) is 8.53. The molecular weight excluding hydrogens is 563 g/mol. The van der Waals surface area contributed by atoms with Crippen LogP contribution in [0.25, 0.3) is 0 Å². The molecule has 1 heterocycles. The number of likely N-dealkylation sites (tertiary alicyclic amines) is 1. The molecule has 0 spiro atoms. The number of hydrogen-bond acceptors (Lipinski definition) is 2. The first-order valence-electron chi connectivity index (χ1n) is 11.1. The number of allylic oxidation sites excluding steroid dienone is 1. The first-order valence-corrected chi connectivity index (χ1v) is 12.2. The molecule has 4 nitrogen and oxygen atoms in total. The highest BCUT2D eigenvalue weighted by Gasteiger charge is 2.51. The molecule has 1 aliphatic heterocycles. The second kappa shape index (κ2) is 8.66. The Balaban J connectivity index is 1.39. The number of amides is 2. The summed E-state index contributed by atoms with van der Waals surface area (Å²) in [5.74, 6) is -1.69. The van der Waals surface area contributed by atoms with Crippen molar-refractivity contribution in [1.29, 1.82) is 0 Å². The molecule has 2 amide bonds. The van der Waals surface area contributed by atoms with Crippen molar-refractivity contribution in [2.45, 2.75) is 50.0 Å². The van der Waals surface area contributed by atoms with Crippen LogP contribution in [0.2, 0.25) is 0 Å². The predicted octanol–water partition coefficient (Wildman–Crippen LogP) is 5.63. The van der Waals surface area contributed by atoms with Crippen LogP contribution < -0.4 is 5.32 Å². The molecule has 5 rings (SSSR count). The van der Waals surface area contributed by atoms with Gasteiger partial charge in [-0.05, 0) is 95.7 Å². The minimum Gasteiger partial charge on any atom is -0.344 e. The third-order valence-electron chi connectivity index (χ3n) is 6.93. The number of carbonyl (C=O) groups is 2. The van der Waals surface area contributed by atoms with Crippen molar-refractivity contribution in [2.24, 2.45) is 5.92 Å². The zero-order valence-corrected chi connectivity index (χ0v) is 20.1. The number of halogens is 5. The van der Waals surface area contributed by atoms with Crippen molar-refractivity contribution in [2.75, 3.05) is 0 Å². The van der Waals surface area contributed by atoms with Crippen LogP contribution in [0.4, 0.5) is 17.6 Å². The summed E-state index contributed by atoms with van der Waals surface area (Å²) in [5.41, 5.74) is 0.235. The van der Waals surface area contributed by atoms with Crippen LogP contribution in [0, 0.1) is 15.3 Å². The summed E-state index contributed by atoms with van der Waals surface area (Å²) in [5, 5.41) is 2.89. The molecule has 34 heavy (non-hydrogen) atoms. The Labute approximate surface area is 207 Å². The van der Waals surface area contributed by atoms with Gasteiger partial charge < -0.3 is 10.2 Å². The molecule has 1 N–H and O–H groups in total. The van der Waals surface area contributed by atoms with Gasteiger partial charge in [0.05, 0.1) is 11.6 Å². The van der Waals surface area contributed by atoms with E-state index in [-0.39, 0.29) is 29.3 Å². The lowest BCUT2D eigenvalue weighted by Crippen LogP contribution is -2.51. The first kappa shape index (κ1) is 23.3. The zero-order chi connectivity index (χ0) is 24.2. The summed E-state index contributed by atoms with van der Waals surface area (Å²) >= 11 is 2.13. The number of alkyl halides is 3. The van der Waals surface area contributed by atoms with Crippen molar-refractivity contribution in [3.8, 4) is 0 Å². The minimum atomic E-state index is -4.79. The molecule has 178 valence electrons. The van der Waals surface area contributed by atoms with Crippen molar-refractivity contribution >= 4 is 34.4 Å². The summed E-state index contributed by atoms with van der Waals surface area (Å²) in [7, 11) is 0. The first-order chi connectivity index (χ1) is 16.1. The maximum atomic E-state index is 14.2. The van der Waals surface area contributed by atoms with Crippen molar-refractivity contribution in [1.82, 2.24) is 10.2 Å². The second-order valence-electron chi connectivity index (χ2n) is 9.04. The van der Waals surface area contributed by atoms with Gasteiger partial charge in [-0.3, -0.25) is 9.59 Å². The van der Waals surface area contributed by atoms with E-state index in [1.54, 1.807) is 23.1 Å². The van der Waals surface area contributed by atoms with E-state index in [1.165, 1.54) is 6.07 Å². The highest BCUT2D eigenvalue weighted by molar-refractivity contribution is 14.1. The van der Waals surface area contributed by atoms with Gasteiger partial charge in [-0.1, -0.05) is 18.2 Å². The Bertz CT molecular complexity index is 1200. The SMILES string of the molecule is O=C(N[C@H](C1=CC1)c1ccc(C(F)(F)F)c(F)c1)[C@H]1C[C@H]2CC[C@H]2N1C(=O)c1cccc(I)c1. The number of benzene rings is 2. The Kier molecular flexibility index (Phi) is 5.94. The number of nitrogens with zero attached hydrogens (tertiary/aromatic N) is 1. The maximum absolute atomic E-state index is 14.2. The van der Waals surface area contributed by atoms with Crippen molar-refractivity contribution in [3.05, 3.63) is 80.2 Å². The van der Waals surface area contributed by atoms with Gasteiger partial charge in [0, 0.05) is 15.2 Å². The molecule has 2 aliphatic carbocycles. The monoisotopic (exact) mass is 584 g/mol. The van der Waals surface area contributed by atoms with Crippen molar-refractivity contribution < 1.29 is 27.2 Å². The highest BCUT2D eigenvalue weighted by Crippen LogP contribution is 2.45. The standard InChI is InChI=1S/C25H21F4IN2O2/c26-19-11-15(6-8-18(19)25(27,28)29)22(13-4-5-13)31-23(33)21-12-14-7-9-20(14)32(21)24(34)16-2-1-3-17(30)10-16/h1-4,6,8,10-11,14,20-22H,5,7,9,12H2,(H,31,33)/t14-,20-,21-,22-/m1/s1. The van der Waals surface area contributed by atoms with Crippen LogP contribution in [0.5, 0.6) is 0 Å². The van der Waals surface area contributed by atoms with Gasteiger partial charge in [-0.25, -0.2) is 4.39 Å². The fourth-order valence-corrected chi connectivity index (χ4v) is 5.53. The molecule has 9 heteroatoms. The fourth-order valence-electron chi connectivity index (χ4n) is 4.98. The van der Waals surface area contributed by atoms with Crippen LogP contribution in [0.3, 0.4) is 0 Å². The van der Waals surface area contributed by atoms with E-state index in [4.69, 9.17) is 0 Å². The smallest absolute Gasteiger partial charge is 0.344 e. The van der Waals surface area contributed by atoms with Gasteiger partial charge in [-0.2, -0.15) is 13.2 Å². The Morgan fingerprint density at radius 2 is 1.88 bits per heavy atom. The maximum Gasteiger partial charge on any atom is 0.419 e. The Morgan fingerprint density at radius 1 is 1.12 bits per heavy atom. The average molecular weight is 584 g/mol. The van der Waals surface area contributed by atoms with Crippen LogP contribution in [-0.4, -0.2) is 28.8 Å². The molecule has 1 saturated heterocycles. The lowest BCUT2D eigenvalue weighted by Gasteiger charge is -2.37. The predicted molar refractivity (Wildman–Crippen MR) is 125 cm³/mol. The fraction of sp³-hybridized carbons (Fsp3) is 0.360. The number of hydrogen-bond donors (Lipinski definition) is 1. The van der Waals surface area contributed by atoms with Crippen LogP contribution >= 0.6 is 22.6 Å². The van der Waals surface area contributed by atoms with Crippen molar-refractivity contribution in [3.63, 3.8) is 0 Å². The van der Waals surface area contributed by atoms with Gasteiger partial charge >= 0.3 is 6.18 Å². The molecule has 2 fully saturated rings. The van der Waals surface area contributed by atoms with E-state index >= 15 is 0 Å². The second-order valence-corrected chi connectivity index (χ2v) is 10.3. The Morgan fingerprint density at radius 3 is 2.47 bits per heavy atom. The van der Waals surface area contributed by atoms with E-state index in [2.05, 4.69) is 27.9 Å². The molecular formula is C25H21F4IN2O2. The van der Waals surface area contributed by atoms with Gasteiger partial charge in [0.1, 0.15) is 11.9 Å². The molecule has 0 unspecified atom stereocenters. The molecule has 4 atom stereocenters. The molecule has 0 aromatic heterocycles. The summed E-state index contributed by atoms with van der Waals surface area (Å²) in [6.45, 7) is 0. The normalized spacial score (nSPS) is 24.1. The number of fused-ring (bicyclic) bond motifs is 1.